The number of nitrogens with zero attached hydrogens (tertiary/aromatic N) is 1. The molecule has 0 atom stereocenters. The van der Waals surface area contributed by atoms with Crippen molar-refractivity contribution in [2.75, 3.05) is 5.32 Å². The Hall–Kier alpha value is -0.880. The van der Waals surface area contributed by atoms with E-state index in [1.54, 1.807) is 18.2 Å². The third-order valence-corrected chi connectivity index (χ3v) is 5.37. The van der Waals surface area contributed by atoms with Gasteiger partial charge in [0.05, 0.1) is 13.4 Å². The van der Waals surface area contributed by atoms with Crippen molar-refractivity contribution in [3.05, 3.63) is 53.1 Å². The van der Waals surface area contributed by atoms with Crippen LogP contribution in [0.25, 0.3) is 0 Å². The molecule has 120 valence electrons. The van der Waals surface area contributed by atoms with E-state index in [4.69, 9.17) is 0 Å². The second kappa shape index (κ2) is 8.29. The minimum absolute atomic E-state index is 0.250. The molecule has 0 aliphatic heterocycles. The highest BCUT2D eigenvalue weighted by molar-refractivity contribution is 14.1. The Balaban J connectivity index is 1.97. The van der Waals surface area contributed by atoms with Gasteiger partial charge in [-0.05, 0) is 93.6 Å². The Kier molecular flexibility index (Phi) is 6.65. The van der Waals surface area contributed by atoms with Crippen molar-refractivity contribution >= 4 is 79.0 Å². The Morgan fingerprint density at radius 2 is 1.91 bits per heavy atom. The molecule has 0 saturated heterocycles. The first-order valence-electron chi connectivity index (χ1n) is 6.41. The number of carbonyl (C=O) groups excluding carboxylic acids is 1. The van der Waals surface area contributed by atoms with E-state index in [2.05, 4.69) is 31.8 Å². The van der Waals surface area contributed by atoms with E-state index >= 15 is 0 Å². The third kappa shape index (κ3) is 5.31. The molecule has 0 bridgehead atoms. The number of rotatable bonds is 3. The first kappa shape index (κ1) is 18.5. The number of hydrogen-bond donors (Lipinski definition) is 3. The number of aromatic hydroxyl groups is 1. The first-order valence-corrected chi connectivity index (χ1v) is 9.36. The standard InChI is InChI=1S/C15H12BrI2N3O2/c1-8-4-10(2-3-11(8)16)20-15(23)21-19-7-9-5-12(17)14(22)13(18)6-9/h2-7,22H,1H3,(H2,20,21,23)/b19-7+. The molecule has 2 aromatic carbocycles. The number of nitrogens with one attached hydrogen (secondary N) is 2. The van der Waals surface area contributed by atoms with Crippen molar-refractivity contribution in [1.29, 1.82) is 0 Å². The number of phenols is 1. The number of anilines is 1. The van der Waals surface area contributed by atoms with Crippen LogP contribution in [0, 0.1) is 14.1 Å². The zero-order valence-electron chi connectivity index (χ0n) is 11.9. The number of amides is 2. The summed E-state index contributed by atoms with van der Waals surface area (Å²) in [6, 6.07) is 8.65. The van der Waals surface area contributed by atoms with Crippen LogP contribution >= 0.6 is 61.1 Å². The number of halogens is 3. The molecule has 0 heterocycles. The summed E-state index contributed by atoms with van der Waals surface area (Å²) in [5.74, 6) is 0.250. The summed E-state index contributed by atoms with van der Waals surface area (Å²) in [5.41, 5.74) is 4.91. The molecule has 0 unspecified atom stereocenters. The van der Waals surface area contributed by atoms with Gasteiger partial charge in [-0.2, -0.15) is 5.10 Å². The average Bonchev–Trinajstić information content (AvgIpc) is 2.48. The summed E-state index contributed by atoms with van der Waals surface area (Å²) >= 11 is 7.49. The smallest absolute Gasteiger partial charge is 0.339 e. The lowest BCUT2D eigenvalue weighted by molar-refractivity contribution is 0.252. The van der Waals surface area contributed by atoms with E-state index in [9.17, 15) is 9.90 Å². The van der Waals surface area contributed by atoms with Gasteiger partial charge in [0.25, 0.3) is 0 Å². The number of carbonyl (C=O) groups is 1. The highest BCUT2D eigenvalue weighted by Gasteiger charge is 2.05. The number of aryl methyl sites for hydroxylation is 1. The lowest BCUT2D eigenvalue weighted by Crippen LogP contribution is -2.24. The van der Waals surface area contributed by atoms with Gasteiger partial charge in [0.1, 0.15) is 5.75 Å². The first-order chi connectivity index (χ1) is 10.9. The number of hydrazone groups is 1. The molecule has 0 aromatic heterocycles. The molecular formula is C15H12BrI2N3O2. The van der Waals surface area contributed by atoms with Crippen molar-refractivity contribution in [1.82, 2.24) is 5.43 Å². The van der Waals surface area contributed by atoms with E-state index in [0.717, 1.165) is 22.7 Å². The minimum Gasteiger partial charge on any atom is -0.506 e. The Bertz CT molecular complexity index is 758. The van der Waals surface area contributed by atoms with Crippen LogP contribution in [0.1, 0.15) is 11.1 Å². The van der Waals surface area contributed by atoms with E-state index in [1.165, 1.54) is 6.21 Å². The zero-order chi connectivity index (χ0) is 17.0. The highest BCUT2D eigenvalue weighted by atomic mass is 127. The summed E-state index contributed by atoms with van der Waals surface area (Å²) in [5, 5.41) is 16.3. The number of benzene rings is 2. The molecule has 0 radical (unpaired) electrons. The van der Waals surface area contributed by atoms with Crippen molar-refractivity contribution in [3.8, 4) is 5.75 Å². The van der Waals surface area contributed by atoms with Crippen LogP contribution < -0.4 is 10.7 Å². The predicted octanol–water partition coefficient (Wildman–Crippen LogP) is 4.83. The lowest BCUT2D eigenvalue weighted by Gasteiger charge is -2.06. The fraction of sp³-hybridized carbons (Fsp3) is 0.0667. The summed E-state index contributed by atoms with van der Waals surface area (Å²) < 4.78 is 2.44. The Labute approximate surface area is 169 Å². The molecule has 2 aromatic rings. The highest BCUT2D eigenvalue weighted by Crippen LogP contribution is 2.26. The van der Waals surface area contributed by atoms with Gasteiger partial charge in [0.15, 0.2) is 0 Å². The van der Waals surface area contributed by atoms with Gasteiger partial charge in [0, 0.05) is 10.2 Å². The van der Waals surface area contributed by atoms with Crippen LogP contribution in [0.4, 0.5) is 10.5 Å². The number of hydrogen-bond acceptors (Lipinski definition) is 3. The van der Waals surface area contributed by atoms with Gasteiger partial charge in [-0.3, -0.25) is 0 Å². The van der Waals surface area contributed by atoms with E-state index in [1.807, 2.05) is 64.2 Å². The molecule has 0 saturated carbocycles. The van der Waals surface area contributed by atoms with Crippen LogP contribution in [0.15, 0.2) is 39.9 Å². The maximum absolute atomic E-state index is 11.8. The maximum atomic E-state index is 11.8. The Morgan fingerprint density at radius 3 is 2.52 bits per heavy atom. The SMILES string of the molecule is Cc1cc(NC(=O)N/N=C/c2cc(I)c(O)c(I)c2)ccc1Br. The molecule has 2 amide bonds. The van der Waals surface area contributed by atoms with Crippen LogP contribution in [-0.4, -0.2) is 17.4 Å². The van der Waals surface area contributed by atoms with Crippen LogP contribution in [0.5, 0.6) is 5.75 Å². The summed E-state index contributed by atoms with van der Waals surface area (Å²) in [7, 11) is 0. The second-order valence-electron chi connectivity index (χ2n) is 4.62. The van der Waals surface area contributed by atoms with E-state index in [-0.39, 0.29) is 5.75 Å². The monoisotopic (exact) mass is 599 g/mol. The van der Waals surface area contributed by atoms with Crippen molar-refractivity contribution < 1.29 is 9.90 Å². The molecule has 0 aliphatic carbocycles. The van der Waals surface area contributed by atoms with Gasteiger partial charge < -0.3 is 10.4 Å². The number of urea groups is 1. The molecule has 8 heteroatoms. The van der Waals surface area contributed by atoms with Gasteiger partial charge in [-0.1, -0.05) is 15.9 Å². The van der Waals surface area contributed by atoms with Crippen molar-refractivity contribution in [2.45, 2.75) is 6.92 Å². The summed E-state index contributed by atoms with van der Waals surface area (Å²) in [6.07, 6.45) is 1.52. The molecule has 5 nitrogen and oxygen atoms in total. The zero-order valence-corrected chi connectivity index (χ0v) is 17.8. The van der Waals surface area contributed by atoms with Gasteiger partial charge in [-0.25, -0.2) is 10.2 Å². The number of phenolic OH excluding ortho intramolecular Hbond substituents is 1. The fourth-order valence-electron chi connectivity index (χ4n) is 1.71. The van der Waals surface area contributed by atoms with Crippen molar-refractivity contribution in [3.63, 3.8) is 0 Å². The molecule has 0 spiro atoms. The van der Waals surface area contributed by atoms with Gasteiger partial charge in [0.2, 0.25) is 0 Å². The van der Waals surface area contributed by atoms with Crippen LogP contribution in [0.2, 0.25) is 0 Å². The maximum Gasteiger partial charge on any atom is 0.339 e. The largest absolute Gasteiger partial charge is 0.506 e. The van der Waals surface area contributed by atoms with Gasteiger partial charge >= 0.3 is 6.03 Å². The molecule has 0 aliphatic rings. The summed E-state index contributed by atoms with van der Waals surface area (Å²) in [6.45, 7) is 1.94. The molecule has 2 rings (SSSR count). The third-order valence-electron chi connectivity index (χ3n) is 2.83. The molecule has 0 fully saturated rings. The molecule has 3 N–H and O–H groups in total. The van der Waals surface area contributed by atoms with E-state index in [0.29, 0.717) is 5.69 Å². The normalized spacial score (nSPS) is 10.8. The summed E-state index contributed by atoms with van der Waals surface area (Å²) in [4.78, 5) is 11.8. The quantitative estimate of drug-likeness (QED) is 0.269. The average molecular weight is 600 g/mol. The van der Waals surface area contributed by atoms with Crippen LogP contribution in [0.3, 0.4) is 0 Å². The van der Waals surface area contributed by atoms with Crippen molar-refractivity contribution in [2.24, 2.45) is 5.10 Å². The molecule has 23 heavy (non-hydrogen) atoms. The fourth-order valence-corrected chi connectivity index (χ4v) is 3.77. The topological polar surface area (TPSA) is 73.7 Å². The lowest BCUT2D eigenvalue weighted by atomic mass is 10.2. The van der Waals surface area contributed by atoms with Crippen LogP contribution in [-0.2, 0) is 0 Å². The predicted molar refractivity (Wildman–Crippen MR) is 112 cm³/mol. The Morgan fingerprint density at radius 1 is 1.26 bits per heavy atom. The van der Waals surface area contributed by atoms with E-state index < -0.39 is 6.03 Å². The second-order valence-corrected chi connectivity index (χ2v) is 7.80. The molecular weight excluding hydrogens is 588 g/mol. The minimum atomic E-state index is -0.425. The van der Waals surface area contributed by atoms with Gasteiger partial charge in [-0.15, -0.1) is 0 Å².